The summed E-state index contributed by atoms with van der Waals surface area (Å²) in [7, 11) is 1.64. The second-order valence-corrected chi connectivity index (χ2v) is 5.72. The number of amides is 1. The fourth-order valence-corrected chi connectivity index (χ4v) is 2.73. The highest BCUT2D eigenvalue weighted by molar-refractivity contribution is 5.77. The number of nitrogens with one attached hydrogen (secondary N) is 2. The molecule has 1 amide bonds. The van der Waals surface area contributed by atoms with Gasteiger partial charge in [0.05, 0.1) is 13.2 Å². The Morgan fingerprint density at radius 2 is 2.25 bits per heavy atom. The van der Waals surface area contributed by atoms with Crippen molar-refractivity contribution in [2.75, 3.05) is 46.4 Å². The van der Waals surface area contributed by atoms with Gasteiger partial charge in [-0.1, -0.05) is 6.92 Å². The average molecular weight is 285 g/mol. The van der Waals surface area contributed by atoms with E-state index in [1.54, 1.807) is 7.11 Å². The zero-order chi connectivity index (χ0) is 14.8. The van der Waals surface area contributed by atoms with E-state index in [0.29, 0.717) is 31.7 Å². The van der Waals surface area contributed by atoms with Crippen LogP contribution in [0, 0.1) is 5.92 Å². The number of ether oxygens (including phenoxy) is 1. The van der Waals surface area contributed by atoms with Crippen LogP contribution in [0.1, 0.15) is 33.1 Å². The summed E-state index contributed by atoms with van der Waals surface area (Å²) >= 11 is 0. The lowest BCUT2D eigenvalue weighted by atomic mass is 9.91. The number of hydrogen-bond donors (Lipinski definition) is 2. The fraction of sp³-hybridized carbons (Fsp3) is 0.933. The monoisotopic (exact) mass is 285 g/mol. The number of likely N-dealkylation sites (tertiary alicyclic amines) is 1. The minimum atomic E-state index is 0.108. The van der Waals surface area contributed by atoms with Crippen LogP contribution in [0.5, 0.6) is 0 Å². The Balaban J connectivity index is 2.27. The van der Waals surface area contributed by atoms with Crippen LogP contribution in [-0.4, -0.2) is 63.3 Å². The predicted octanol–water partition coefficient (Wildman–Crippen LogP) is 0.849. The van der Waals surface area contributed by atoms with Gasteiger partial charge in [-0.3, -0.25) is 9.69 Å². The first kappa shape index (κ1) is 17.4. The molecule has 1 rings (SSSR count). The summed E-state index contributed by atoms with van der Waals surface area (Å²) in [5, 5.41) is 6.46. The van der Waals surface area contributed by atoms with Crippen LogP contribution in [0.2, 0.25) is 0 Å². The molecular weight excluding hydrogens is 254 g/mol. The number of rotatable bonds is 9. The van der Waals surface area contributed by atoms with E-state index in [1.807, 2.05) is 0 Å². The lowest BCUT2D eigenvalue weighted by Crippen LogP contribution is -2.47. The Labute approximate surface area is 123 Å². The molecule has 1 heterocycles. The molecule has 0 saturated carbocycles. The van der Waals surface area contributed by atoms with Crippen molar-refractivity contribution in [3.8, 4) is 0 Å². The molecule has 0 aromatic heterocycles. The van der Waals surface area contributed by atoms with E-state index in [-0.39, 0.29) is 5.91 Å². The van der Waals surface area contributed by atoms with Crippen molar-refractivity contribution >= 4 is 5.91 Å². The third kappa shape index (κ3) is 6.68. The van der Waals surface area contributed by atoms with E-state index in [0.717, 1.165) is 19.6 Å². The Hall–Kier alpha value is -0.650. The van der Waals surface area contributed by atoms with E-state index in [4.69, 9.17) is 4.74 Å². The molecule has 2 unspecified atom stereocenters. The molecule has 1 aliphatic rings. The highest BCUT2D eigenvalue weighted by atomic mass is 16.5. The predicted molar refractivity (Wildman–Crippen MR) is 81.8 cm³/mol. The van der Waals surface area contributed by atoms with Gasteiger partial charge in [0.2, 0.25) is 5.91 Å². The first-order chi connectivity index (χ1) is 9.67. The van der Waals surface area contributed by atoms with Gasteiger partial charge < -0.3 is 15.4 Å². The quantitative estimate of drug-likeness (QED) is 0.617. The van der Waals surface area contributed by atoms with Gasteiger partial charge in [0.1, 0.15) is 0 Å². The molecule has 0 aliphatic carbocycles. The van der Waals surface area contributed by atoms with Gasteiger partial charge in [-0.2, -0.15) is 0 Å². The molecule has 2 N–H and O–H groups in total. The van der Waals surface area contributed by atoms with Crippen molar-refractivity contribution in [2.24, 2.45) is 5.92 Å². The van der Waals surface area contributed by atoms with Crippen LogP contribution in [0.15, 0.2) is 0 Å². The van der Waals surface area contributed by atoms with Crippen molar-refractivity contribution in [3.63, 3.8) is 0 Å². The van der Waals surface area contributed by atoms with Gasteiger partial charge in [0, 0.05) is 26.2 Å². The van der Waals surface area contributed by atoms with Gasteiger partial charge in [-0.25, -0.2) is 0 Å². The third-order valence-corrected chi connectivity index (χ3v) is 3.96. The second kappa shape index (κ2) is 10.1. The molecule has 0 bridgehead atoms. The lowest BCUT2D eigenvalue weighted by molar-refractivity contribution is -0.122. The molecule has 1 saturated heterocycles. The van der Waals surface area contributed by atoms with Crippen molar-refractivity contribution in [1.29, 1.82) is 0 Å². The molecule has 5 nitrogen and oxygen atoms in total. The van der Waals surface area contributed by atoms with E-state index < -0.39 is 0 Å². The number of piperidine rings is 1. The normalized spacial score (nSPS) is 21.6. The second-order valence-electron chi connectivity index (χ2n) is 5.72. The van der Waals surface area contributed by atoms with Crippen LogP contribution in [0.4, 0.5) is 0 Å². The van der Waals surface area contributed by atoms with E-state index in [2.05, 4.69) is 29.4 Å². The molecule has 0 spiro atoms. The zero-order valence-corrected chi connectivity index (χ0v) is 13.3. The molecule has 2 atom stereocenters. The highest BCUT2D eigenvalue weighted by Gasteiger charge is 2.25. The summed E-state index contributed by atoms with van der Waals surface area (Å²) in [5.41, 5.74) is 0. The summed E-state index contributed by atoms with van der Waals surface area (Å²) in [6.45, 7) is 9.29. The van der Waals surface area contributed by atoms with Crippen molar-refractivity contribution in [2.45, 2.75) is 39.2 Å². The smallest absolute Gasteiger partial charge is 0.234 e. The van der Waals surface area contributed by atoms with E-state index in [1.165, 1.54) is 19.3 Å². The van der Waals surface area contributed by atoms with Crippen molar-refractivity contribution < 1.29 is 9.53 Å². The van der Waals surface area contributed by atoms with Crippen molar-refractivity contribution in [3.05, 3.63) is 0 Å². The molecule has 1 fully saturated rings. The topological polar surface area (TPSA) is 53.6 Å². The standard InChI is InChI=1S/C15H31N3O2/c1-4-7-16-13(2)14-6-5-9-18(11-14)12-15(19)17-8-10-20-3/h13-14,16H,4-12H2,1-3H3,(H,17,19). The minimum absolute atomic E-state index is 0.108. The first-order valence-electron chi connectivity index (χ1n) is 7.88. The van der Waals surface area contributed by atoms with Crippen LogP contribution in [0.3, 0.4) is 0 Å². The first-order valence-corrected chi connectivity index (χ1v) is 7.88. The van der Waals surface area contributed by atoms with Gasteiger partial charge >= 0.3 is 0 Å². The SMILES string of the molecule is CCCNC(C)C1CCCN(CC(=O)NCCOC)C1. The van der Waals surface area contributed by atoms with Gasteiger partial charge in [-0.15, -0.1) is 0 Å². The van der Waals surface area contributed by atoms with E-state index in [9.17, 15) is 4.79 Å². The summed E-state index contributed by atoms with van der Waals surface area (Å²) in [5.74, 6) is 0.763. The average Bonchev–Trinajstić information content (AvgIpc) is 2.45. The zero-order valence-electron chi connectivity index (χ0n) is 13.3. The largest absolute Gasteiger partial charge is 0.383 e. The summed E-state index contributed by atoms with van der Waals surface area (Å²) in [6, 6.07) is 0.536. The number of hydrogen-bond acceptors (Lipinski definition) is 4. The van der Waals surface area contributed by atoms with Crippen LogP contribution in [-0.2, 0) is 9.53 Å². The van der Waals surface area contributed by atoms with Crippen molar-refractivity contribution in [1.82, 2.24) is 15.5 Å². The minimum Gasteiger partial charge on any atom is -0.383 e. The molecule has 1 aliphatic heterocycles. The maximum atomic E-state index is 11.8. The van der Waals surface area contributed by atoms with Crippen LogP contribution in [0.25, 0.3) is 0 Å². The number of carbonyl (C=O) groups is 1. The Bertz CT molecular complexity index is 274. The Morgan fingerprint density at radius 3 is 2.95 bits per heavy atom. The maximum Gasteiger partial charge on any atom is 0.234 e. The van der Waals surface area contributed by atoms with Crippen LogP contribution >= 0.6 is 0 Å². The van der Waals surface area contributed by atoms with E-state index >= 15 is 0 Å². The molecule has 5 heteroatoms. The fourth-order valence-electron chi connectivity index (χ4n) is 2.73. The summed E-state index contributed by atoms with van der Waals surface area (Å²) < 4.78 is 4.93. The van der Waals surface area contributed by atoms with Gasteiger partial charge in [-0.05, 0) is 45.2 Å². The molecular formula is C15H31N3O2. The Kier molecular flexibility index (Phi) is 8.82. The molecule has 0 aromatic rings. The maximum absolute atomic E-state index is 11.8. The third-order valence-electron chi connectivity index (χ3n) is 3.96. The van der Waals surface area contributed by atoms with Gasteiger partial charge in [0.15, 0.2) is 0 Å². The molecule has 20 heavy (non-hydrogen) atoms. The number of carbonyl (C=O) groups excluding carboxylic acids is 1. The highest BCUT2D eigenvalue weighted by Crippen LogP contribution is 2.19. The summed E-state index contributed by atoms with van der Waals surface area (Å²) in [4.78, 5) is 14.1. The summed E-state index contributed by atoms with van der Waals surface area (Å²) in [6.07, 6.45) is 3.62. The lowest BCUT2D eigenvalue weighted by Gasteiger charge is -2.35. The molecule has 0 radical (unpaired) electrons. The molecule has 0 aromatic carbocycles. The van der Waals surface area contributed by atoms with Gasteiger partial charge in [0.25, 0.3) is 0 Å². The number of methoxy groups -OCH3 is 1. The number of nitrogens with zero attached hydrogens (tertiary/aromatic N) is 1. The van der Waals surface area contributed by atoms with Crippen LogP contribution < -0.4 is 10.6 Å². The molecule has 118 valence electrons. The Morgan fingerprint density at radius 1 is 1.45 bits per heavy atom.